The molecule has 0 spiro atoms. The van der Waals surface area contributed by atoms with E-state index in [1.807, 2.05) is 0 Å². The summed E-state index contributed by atoms with van der Waals surface area (Å²) in [5, 5.41) is 2.65. The van der Waals surface area contributed by atoms with Crippen LogP contribution in [-0.4, -0.2) is 0 Å². The third-order valence-corrected chi connectivity index (χ3v) is 2.77. The summed E-state index contributed by atoms with van der Waals surface area (Å²) in [5.74, 6) is 0. The van der Waals surface area contributed by atoms with Crippen molar-refractivity contribution in [3.05, 3.63) is 66.7 Å². The van der Waals surface area contributed by atoms with Crippen LogP contribution < -0.4 is 18.9 Å². The zero-order valence-electron chi connectivity index (χ0n) is 9.35. The fraction of sp³-hybridized carbons (Fsp3) is 0. The Kier molecular flexibility index (Phi) is 3.24. The van der Waals surface area contributed by atoms with Crippen molar-refractivity contribution in [1.82, 2.24) is 0 Å². The zero-order valence-corrected chi connectivity index (χ0v) is 9.35. The second-order valence-corrected chi connectivity index (χ2v) is 3.70. The molecule has 0 bridgehead atoms. The molecule has 0 aromatic heterocycles. The Hall–Kier alpha value is -1.35. The summed E-state index contributed by atoms with van der Waals surface area (Å²) < 4.78 is 0. The van der Waals surface area contributed by atoms with Gasteiger partial charge in [0.05, 0.1) is 0 Å². The molecule has 0 aliphatic carbocycles. The van der Waals surface area contributed by atoms with Gasteiger partial charge >= 0.3 is 18.9 Å². The minimum atomic E-state index is 0. The van der Waals surface area contributed by atoms with Gasteiger partial charge < -0.3 is 0 Å². The molecular weight excluding hydrogens is 187 g/mol. The second-order valence-electron chi connectivity index (χ2n) is 3.70. The van der Waals surface area contributed by atoms with Gasteiger partial charge in [0, 0.05) is 0 Å². The molecule has 0 fully saturated rings. The number of benzene rings is 2. The Bertz CT molecular complexity index is 578. The van der Waals surface area contributed by atoms with Gasteiger partial charge in [-0.1, -0.05) is 52.7 Å². The van der Waals surface area contributed by atoms with Crippen molar-refractivity contribution in [3.8, 4) is 11.1 Å². The van der Waals surface area contributed by atoms with E-state index in [0.29, 0.717) is 0 Å². The summed E-state index contributed by atoms with van der Waals surface area (Å²) in [7, 11) is 0. The molecule has 0 aliphatic heterocycles. The molecule has 0 N–H and O–H groups in total. The van der Waals surface area contributed by atoms with Gasteiger partial charge in [-0.05, 0) is 0 Å². The van der Waals surface area contributed by atoms with Gasteiger partial charge in [0.25, 0.3) is 0 Å². The van der Waals surface area contributed by atoms with E-state index in [-0.39, 0.29) is 18.9 Å². The third kappa shape index (κ3) is 1.83. The maximum absolute atomic E-state index is 2.19. The summed E-state index contributed by atoms with van der Waals surface area (Å²) in [4.78, 5) is 0. The molecule has 0 saturated carbocycles. The predicted octanol–water partition coefficient (Wildman–Crippen LogP) is 1.23. The molecule has 0 heterocycles. The molecule has 0 atom stereocenters. The maximum atomic E-state index is 2.19. The van der Waals surface area contributed by atoms with Crippen LogP contribution in [0.3, 0.4) is 0 Å². The normalized spacial score (nSPS) is 10.0. The Morgan fingerprint density at radius 1 is 0.688 bits per heavy atom. The molecule has 72 valence electrons. The van der Waals surface area contributed by atoms with E-state index < -0.39 is 0 Å². The second kappa shape index (κ2) is 4.66. The van der Waals surface area contributed by atoms with Crippen LogP contribution in [-0.2, 0) is 0 Å². The molecule has 3 aromatic carbocycles. The fourth-order valence-corrected chi connectivity index (χ4v) is 2.02. The Morgan fingerprint density at radius 3 is 2.19 bits per heavy atom. The summed E-state index contributed by atoms with van der Waals surface area (Å²) in [6, 6.07) is 23.4. The average molecular weight is 198 g/mol. The molecule has 0 nitrogen and oxygen atoms in total. The van der Waals surface area contributed by atoms with Gasteiger partial charge in [-0.3, -0.25) is 0 Å². The van der Waals surface area contributed by atoms with E-state index in [1.54, 1.807) is 0 Å². The minimum absolute atomic E-state index is 0. The molecule has 0 amide bonds. The standard InChI is InChI=1S/C15H11.Li/c1-2-6-12(7-3-1)15-11-10-13-8-4-5-9-14(13)15;/h1-11H;/q-1;+1. The molecule has 0 radical (unpaired) electrons. The van der Waals surface area contributed by atoms with Crippen LogP contribution in [0.2, 0.25) is 0 Å². The third-order valence-electron chi connectivity index (χ3n) is 2.77. The molecular formula is C15H11Li. The van der Waals surface area contributed by atoms with Crippen molar-refractivity contribution < 1.29 is 18.9 Å². The van der Waals surface area contributed by atoms with Crippen LogP contribution in [0.15, 0.2) is 66.7 Å². The van der Waals surface area contributed by atoms with Gasteiger partial charge in [0.15, 0.2) is 0 Å². The van der Waals surface area contributed by atoms with Crippen molar-refractivity contribution in [2.45, 2.75) is 0 Å². The van der Waals surface area contributed by atoms with Gasteiger partial charge in [-0.15, -0.1) is 35.9 Å². The van der Waals surface area contributed by atoms with E-state index in [9.17, 15) is 0 Å². The topological polar surface area (TPSA) is 0 Å². The summed E-state index contributed by atoms with van der Waals surface area (Å²) in [6.45, 7) is 0. The van der Waals surface area contributed by atoms with Crippen molar-refractivity contribution in [1.29, 1.82) is 0 Å². The first kappa shape index (κ1) is 11.1. The van der Waals surface area contributed by atoms with Crippen molar-refractivity contribution >= 4 is 10.8 Å². The van der Waals surface area contributed by atoms with E-state index in [2.05, 4.69) is 66.7 Å². The first-order chi connectivity index (χ1) is 7.45. The number of hydrogen-bond donors (Lipinski definition) is 0. The number of hydrogen-bond acceptors (Lipinski definition) is 0. The summed E-state index contributed by atoms with van der Waals surface area (Å²) >= 11 is 0. The Morgan fingerprint density at radius 2 is 1.38 bits per heavy atom. The van der Waals surface area contributed by atoms with Gasteiger partial charge in [-0.25, -0.2) is 0 Å². The van der Waals surface area contributed by atoms with E-state index >= 15 is 0 Å². The number of fused-ring (bicyclic) bond motifs is 1. The molecule has 1 heteroatoms. The van der Waals surface area contributed by atoms with E-state index in [4.69, 9.17) is 0 Å². The predicted molar refractivity (Wildman–Crippen MR) is 65.0 cm³/mol. The molecule has 0 saturated heterocycles. The molecule has 0 aliphatic rings. The monoisotopic (exact) mass is 198 g/mol. The quantitative estimate of drug-likeness (QED) is 0.407. The van der Waals surface area contributed by atoms with Crippen molar-refractivity contribution in [2.24, 2.45) is 0 Å². The molecule has 16 heavy (non-hydrogen) atoms. The first-order valence-electron chi connectivity index (χ1n) is 5.15. The van der Waals surface area contributed by atoms with Gasteiger partial charge in [0.2, 0.25) is 0 Å². The summed E-state index contributed by atoms with van der Waals surface area (Å²) in [6.07, 6.45) is 0. The largest absolute Gasteiger partial charge is 1.00 e. The van der Waals surface area contributed by atoms with E-state index in [1.165, 1.54) is 21.9 Å². The van der Waals surface area contributed by atoms with Crippen LogP contribution in [0.1, 0.15) is 0 Å². The molecule has 3 rings (SSSR count). The average Bonchev–Trinajstić information content (AvgIpc) is 2.74. The van der Waals surface area contributed by atoms with Crippen molar-refractivity contribution in [3.63, 3.8) is 0 Å². The minimum Gasteiger partial charge on any atom is -0.129 e. The van der Waals surface area contributed by atoms with Crippen LogP contribution >= 0.6 is 0 Å². The van der Waals surface area contributed by atoms with Crippen LogP contribution in [0.4, 0.5) is 0 Å². The van der Waals surface area contributed by atoms with Crippen LogP contribution in [0, 0.1) is 0 Å². The van der Waals surface area contributed by atoms with Gasteiger partial charge in [0.1, 0.15) is 0 Å². The zero-order chi connectivity index (χ0) is 10.1. The molecule has 3 aromatic rings. The van der Waals surface area contributed by atoms with E-state index in [0.717, 1.165) is 0 Å². The van der Waals surface area contributed by atoms with Gasteiger partial charge in [-0.2, -0.15) is 0 Å². The first-order valence-corrected chi connectivity index (χ1v) is 5.15. The molecule has 0 unspecified atom stereocenters. The Labute approximate surface area is 107 Å². The summed E-state index contributed by atoms with van der Waals surface area (Å²) in [5.41, 5.74) is 2.62. The maximum Gasteiger partial charge on any atom is 1.00 e. The van der Waals surface area contributed by atoms with Crippen LogP contribution in [0.25, 0.3) is 21.9 Å². The van der Waals surface area contributed by atoms with Crippen LogP contribution in [0.5, 0.6) is 0 Å². The van der Waals surface area contributed by atoms with Crippen molar-refractivity contribution in [2.75, 3.05) is 0 Å². The fourth-order valence-electron chi connectivity index (χ4n) is 2.02. The number of rotatable bonds is 1. The Balaban J connectivity index is 0.000000963. The SMILES string of the molecule is [Li+].c1ccc(-[c-]2ccc3ccccc32)cc1. The smallest absolute Gasteiger partial charge is 0.129 e.